The molecule has 0 unspecified atom stereocenters. The summed E-state index contributed by atoms with van der Waals surface area (Å²) in [6.45, 7) is 4.32. The summed E-state index contributed by atoms with van der Waals surface area (Å²) in [6, 6.07) is 3.33. The van der Waals surface area contributed by atoms with E-state index < -0.39 is 9.84 Å². The number of pyridine rings is 1. The average molecular weight is 297 g/mol. The van der Waals surface area contributed by atoms with Crippen molar-refractivity contribution in [3.8, 4) is 0 Å². The Labute approximate surface area is 121 Å². The molecule has 0 amide bonds. The molecular weight excluding hydrogens is 274 g/mol. The van der Waals surface area contributed by atoms with Crippen molar-refractivity contribution < 1.29 is 13.2 Å². The molecule has 1 aromatic heterocycles. The van der Waals surface area contributed by atoms with Crippen LogP contribution in [0.3, 0.4) is 0 Å². The topological polar surface area (TPSA) is 56.3 Å². The lowest BCUT2D eigenvalue weighted by molar-refractivity contribution is 0.00301. The minimum Gasteiger partial charge on any atom is -0.377 e. The minimum absolute atomic E-state index is 0.00623. The van der Waals surface area contributed by atoms with E-state index in [-0.39, 0.29) is 23.5 Å². The van der Waals surface area contributed by atoms with Crippen LogP contribution in [0.1, 0.15) is 38.2 Å². The molecule has 1 saturated carbocycles. The monoisotopic (exact) mass is 297 g/mol. The van der Waals surface area contributed by atoms with Gasteiger partial charge in [0.1, 0.15) is 0 Å². The molecule has 5 heteroatoms. The third kappa shape index (κ3) is 4.03. The van der Waals surface area contributed by atoms with Crippen molar-refractivity contribution in [2.45, 2.75) is 50.7 Å². The maximum atomic E-state index is 12.1. The molecule has 1 heterocycles. The molecule has 2 atom stereocenters. The van der Waals surface area contributed by atoms with Crippen molar-refractivity contribution in [2.24, 2.45) is 5.92 Å². The molecule has 1 aliphatic rings. The van der Waals surface area contributed by atoms with Gasteiger partial charge in [0, 0.05) is 6.20 Å². The molecule has 0 saturated heterocycles. The summed E-state index contributed by atoms with van der Waals surface area (Å²) in [5.41, 5.74) is 0.955. The normalized spacial score (nSPS) is 23.7. The second-order valence-electron chi connectivity index (χ2n) is 5.66. The van der Waals surface area contributed by atoms with Gasteiger partial charge in [0.15, 0.2) is 14.9 Å². The molecule has 20 heavy (non-hydrogen) atoms. The van der Waals surface area contributed by atoms with Gasteiger partial charge in [-0.2, -0.15) is 0 Å². The molecule has 0 spiro atoms. The Hall–Kier alpha value is -0.940. The van der Waals surface area contributed by atoms with Crippen LogP contribution >= 0.6 is 0 Å². The molecule has 1 fully saturated rings. The van der Waals surface area contributed by atoms with Gasteiger partial charge in [0.2, 0.25) is 0 Å². The molecule has 2 rings (SSSR count). The van der Waals surface area contributed by atoms with E-state index in [4.69, 9.17) is 4.74 Å². The number of aryl methyl sites for hydroxylation is 1. The van der Waals surface area contributed by atoms with Crippen LogP contribution in [0.5, 0.6) is 0 Å². The van der Waals surface area contributed by atoms with Crippen LogP contribution in [0.25, 0.3) is 0 Å². The summed E-state index contributed by atoms with van der Waals surface area (Å²) >= 11 is 0. The van der Waals surface area contributed by atoms with E-state index in [1.165, 1.54) is 19.3 Å². The number of hydrogen-bond acceptors (Lipinski definition) is 4. The second kappa shape index (κ2) is 6.68. The fourth-order valence-electron chi connectivity index (χ4n) is 2.58. The lowest BCUT2D eigenvalue weighted by Crippen LogP contribution is -2.27. The van der Waals surface area contributed by atoms with Crippen LogP contribution in [-0.2, 0) is 14.6 Å². The zero-order valence-corrected chi connectivity index (χ0v) is 13.0. The Kier molecular flexibility index (Phi) is 5.16. The lowest BCUT2D eigenvalue weighted by Gasteiger charge is -2.28. The zero-order chi connectivity index (χ0) is 14.6. The van der Waals surface area contributed by atoms with E-state index >= 15 is 0 Å². The first-order valence-corrected chi connectivity index (χ1v) is 8.91. The van der Waals surface area contributed by atoms with Crippen molar-refractivity contribution in [1.29, 1.82) is 0 Å². The number of sulfone groups is 1. The van der Waals surface area contributed by atoms with E-state index in [9.17, 15) is 8.42 Å². The third-order valence-electron chi connectivity index (χ3n) is 3.92. The summed E-state index contributed by atoms with van der Waals surface area (Å²) in [7, 11) is -3.33. The van der Waals surface area contributed by atoms with Crippen molar-refractivity contribution in [1.82, 2.24) is 4.98 Å². The van der Waals surface area contributed by atoms with E-state index in [1.54, 1.807) is 18.3 Å². The smallest absolute Gasteiger partial charge is 0.197 e. The van der Waals surface area contributed by atoms with Crippen LogP contribution in [0, 0.1) is 12.8 Å². The lowest BCUT2D eigenvalue weighted by atomic mass is 9.88. The fourth-order valence-corrected chi connectivity index (χ4v) is 3.60. The van der Waals surface area contributed by atoms with Crippen LogP contribution in [0.4, 0.5) is 0 Å². The Bertz CT molecular complexity index is 525. The first-order chi connectivity index (χ1) is 9.49. The highest BCUT2D eigenvalue weighted by Gasteiger charge is 2.23. The number of ether oxygens (including phenoxy) is 1. The first kappa shape index (κ1) is 15.4. The maximum Gasteiger partial charge on any atom is 0.197 e. The second-order valence-corrected chi connectivity index (χ2v) is 7.72. The average Bonchev–Trinajstić information content (AvgIpc) is 2.41. The van der Waals surface area contributed by atoms with E-state index in [0.717, 1.165) is 12.0 Å². The highest BCUT2D eigenvalue weighted by molar-refractivity contribution is 7.91. The van der Waals surface area contributed by atoms with Gasteiger partial charge in [-0.05, 0) is 37.3 Å². The Morgan fingerprint density at radius 2 is 2.05 bits per heavy atom. The summed E-state index contributed by atoms with van der Waals surface area (Å²) in [5, 5.41) is 0.142. The number of nitrogens with zero attached hydrogens (tertiary/aromatic N) is 1. The Morgan fingerprint density at radius 3 is 2.70 bits per heavy atom. The fraction of sp³-hybridized carbons (Fsp3) is 0.667. The van der Waals surface area contributed by atoms with Crippen molar-refractivity contribution in [2.75, 3.05) is 12.4 Å². The molecule has 0 radical (unpaired) electrons. The quantitative estimate of drug-likeness (QED) is 0.838. The van der Waals surface area contributed by atoms with Gasteiger partial charge >= 0.3 is 0 Å². The van der Waals surface area contributed by atoms with Crippen molar-refractivity contribution in [3.63, 3.8) is 0 Å². The number of aromatic nitrogens is 1. The summed E-state index contributed by atoms with van der Waals surface area (Å²) in [4.78, 5) is 3.99. The third-order valence-corrected chi connectivity index (χ3v) is 5.50. The van der Waals surface area contributed by atoms with Crippen LogP contribution in [0.2, 0.25) is 0 Å². The van der Waals surface area contributed by atoms with Crippen LogP contribution < -0.4 is 0 Å². The molecular formula is C15H23NO3S. The molecule has 4 nitrogen and oxygen atoms in total. The SMILES string of the molecule is Cc1ccc(S(=O)(=O)CCO[C@@H]2CCCC[C@H]2C)nc1. The predicted molar refractivity (Wildman–Crippen MR) is 78.4 cm³/mol. The maximum absolute atomic E-state index is 12.1. The summed E-state index contributed by atoms with van der Waals surface area (Å²) < 4.78 is 30.0. The highest BCUT2D eigenvalue weighted by atomic mass is 32.2. The molecule has 1 aliphatic carbocycles. The van der Waals surface area contributed by atoms with Gasteiger partial charge in [-0.3, -0.25) is 0 Å². The van der Waals surface area contributed by atoms with Crippen molar-refractivity contribution in [3.05, 3.63) is 23.9 Å². The molecule has 0 bridgehead atoms. The zero-order valence-electron chi connectivity index (χ0n) is 12.2. The number of rotatable bonds is 5. The highest BCUT2D eigenvalue weighted by Crippen LogP contribution is 2.26. The molecule has 0 N–H and O–H groups in total. The molecule has 0 aliphatic heterocycles. The van der Waals surface area contributed by atoms with Gasteiger partial charge in [-0.25, -0.2) is 13.4 Å². The largest absolute Gasteiger partial charge is 0.377 e. The van der Waals surface area contributed by atoms with Crippen molar-refractivity contribution >= 4 is 9.84 Å². The number of hydrogen-bond donors (Lipinski definition) is 0. The van der Waals surface area contributed by atoms with E-state index in [1.807, 2.05) is 6.92 Å². The first-order valence-electron chi connectivity index (χ1n) is 7.26. The van der Waals surface area contributed by atoms with Crippen LogP contribution in [0.15, 0.2) is 23.4 Å². The molecule has 1 aromatic rings. The van der Waals surface area contributed by atoms with E-state index in [0.29, 0.717) is 5.92 Å². The van der Waals surface area contributed by atoms with Gasteiger partial charge in [0.05, 0.1) is 18.5 Å². The van der Waals surface area contributed by atoms with Gasteiger partial charge in [-0.1, -0.05) is 25.8 Å². The molecule has 112 valence electrons. The van der Waals surface area contributed by atoms with Crippen LogP contribution in [-0.4, -0.2) is 31.9 Å². The standard InChI is InChI=1S/C15H23NO3S/c1-12-7-8-15(16-11-12)20(17,18)10-9-19-14-6-4-3-5-13(14)2/h7-8,11,13-14H,3-6,9-10H2,1-2H3/t13-,14-/m1/s1. The predicted octanol–water partition coefficient (Wildman–Crippen LogP) is 2.76. The van der Waals surface area contributed by atoms with Gasteiger partial charge in [0.25, 0.3) is 0 Å². The molecule has 0 aromatic carbocycles. The van der Waals surface area contributed by atoms with E-state index in [2.05, 4.69) is 11.9 Å². The summed E-state index contributed by atoms with van der Waals surface area (Å²) in [5.74, 6) is 0.538. The summed E-state index contributed by atoms with van der Waals surface area (Å²) in [6.07, 6.45) is 6.45. The minimum atomic E-state index is -3.33. The Balaban J connectivity index is 1.87. The van der Waals surface area contributed by atoms with Gasteiger partial charge in [-0.15, -0.1) is 0 Å². The van der Waals surface area contributed by atoms with Gasteiger partial charge < -0.3 is 4.74 Å². The Morgan fingerprint density at radius 1 is 1.30 bits per heavy atom.